The fraction of sp³-hybridized carbons (Fsp3) is 0.0909. The molecule has 0 aliphatic rings. The Bertz CT molecular complexity index is 1620. The van der Waals surface area contributed by atoms with Gasteiger partial charge in [-0.3, -0.25) is 8.87 Å². The van der Waals surface area contributed by atoms with Crippen LogP contribution in [0.2, 0.25) is 10.0 Å². The maximum absolute atomic E-state index is 13.4. The molecule has 0 spiro atoms. The molecule has 2 aromatic heterocycles. The van der Waals surface area contributed by atoms with E-state index in [1.54, 1.807) is 22.9 Å². The van der Waals surface area contributed by atoms with Gasteiger partial charge in [0.05, 0.1) is 28.8 Å². The molecule has 4 aromatic rings. The van der Waals surface area contributed by atoms with E-state index in [2.05, 4.69) is 4.98 Å². The van der Waals surface area contributed by atoms with Crippen molar-refractivity contribution in [2.24, 2.45) is 0 Å². The topological polar surface area (TPSA) is 139 Å². The lowest BCUT2D eigenvalue weighted by atomic mass is 10.2. The number of anilines is 1. The van der Waals surface area contributed by atoms with Gasteiger partial charge in [-0.05, 0) is 54.6 Å². The van der Waals surface area contributed by atoms with Crippen LogP contribution >= 0.6 is 30.8 Å². The van der Waals surface area contributed by atoms with Crippen LogP contribution in [-0.2, 0) is 19.3 Å². The number of pyridine rings is 1. The van der Waals surface area contributed by atoms with E-state index >= 15 is 0 Å². The van der Waals surface area contributed by atoms with Crippen molar-refractivity contribution in [2.45, 2.75) is 4.90 Å². The summed E-state index contributed by atoms with van der Waals surface area (Å²) in [5, 5.41) is 0.644. The molecule has 0 saturated carbocycles. The van der Waals surface area contributed by atoms with Crippen LogP contribution in [0.1, 0.15) is 10.4 Å². The first-order valence-corrected chi connectivity index (χ1v) is 14.1. The Hall–Kier alpha value is -2.92. The first-order valence-electron chi connectivity index (χ1n) is 10.1. The zero-order chi connectivity index (χ0) is 26.3. The van der Waals surface area contributed by atoms with Crippen molar-refractivity contribution in [1.82, 2.24) is 9.55 Å². The fourth-order valence-electron chi connectivity index (χ4n) is 3.55. The number of carbonyl (C=O) groups is 1. The number of nitrogens with zero attached hydrogens (tertiary/aromatic N) is 3. The summed E-state index contributed by atoms with van der Waals surface area (Å²) in [4.78, 5) is 35.1. The van der Waals surface area contributed by atoms with E-state index in [-0.39, 0.29) is 20.6 Å². The van der Waals surface area contributed by atoms with Crippen molar-refractivity contribution in [2.75, 3.05) is 17.7 Å². The van der Waals surface area contributed by atoms with Gasteiger partial charge in [0, 0.05) is 27.8 Å². The van der Waals surface area contributed by atoms with Crippen LogP contribution in [0.3, 0.4) is 0 Å². The summed E-state index contributed by atoms with van der Waals surface area (Å²) in [6.45, 7) is 0. The molecule has 36 heavy (non-hydrogen) atoms. The third kappa shape index (κ3) is 5.41. The van der Waals surface area contributed by atoms with Crippen LogP contribution in [0.25, 0.3) is 16.7 Å². The Morgan fingerprint density at radius 2 is 1.78 bits per heavy atom. The van der Waals surface area contributed by atoms with E-state index in [0.29, 0.717) is 26.6 Å². The van der Waals surface area contributed by atoms with E-state index in [1.807, 2.05) is 0 Å². The number of halogens is 2. The van der Waals surface area contributed by atoms with Gasteiger partial charge in [-0.2, -0.15) is 0 Å². The minimum Gasteiger partial charge on any atom is -0.465 e. The number of hydrogen-bond acceptors (Lipinski definition) is 6. The van der Waals surface area contributed by atoms with E-state index in [0.717, 1.165) is 12.1 Å². The second-order valence-corrected chi connectivity index (χ2v) is 11.9. The SMILES string of the molecule is COC(=O)c1ccnc(-n2ccc3cc(N(CP(=O)(O)O)S(=O)(=O)c4cc(Cl)cc(Cl)c4)ccc32)c1. The Morgan fingerprint density at radius 1 is 1.08 bits per heavy atom. The Kier molecular flexibility index (Phi) is 7.16. The second kappa shape index (κ2) is 9.85. The molecule has 188 valence electrons. The summed E-state index contributed by atoms with van der Waals surface area (Å²) in [5.74, 6) is -0.120. The maximum atomic E-state index is 13.4. The highest BCUT2D eigenvalue weighted by Crippen LogP contribution is 2.40. The highest BCUT2D eigenvalue weighted by molar-refractivity contribution is 7.93. The smallest absolute Gasteiger partial charge is 0.345 e. The molecule has 0 unspecified atom stereocenters. The fourth-order valence-corrected chi connectivity index (χ4v) is 6.96. The molecule has 0 bridgehead atoms. The predicted molar refractivity (Wildman–Crippen MR) is 135 cm³/mol. The molecule has 0 radical (unpaired) electrons. The largest absolute Gasteiger partial charge is 0.465 e. The van der Waals surface area contributed by atoms with E-state index < -0.39 is 29.9 Å². The van der Waals surface area contributed by atoms with Crippen molar-refractivity contribution in [3.05, 3.63) is 82.6 Å². The van der Waals surface area contributed by atoms with Crippen molar-refractivity contribution in [3.63, 3.8) is 0 Å². The zero-order valence-corrected chi connectivity index (χ0v) is 21.7. The van der Waals surface area contributed by atoms with Crippen LogP contribution in [0.15, 0.2) is 71.9 Å². The van der Waals surface area contributed by atoms with E-state index in [4.69, 9.17) is 27.9 Å². The summed E-state index contributed by atoms with van der Waals surface area (Å²) in [7, 11) is -8.02. The number of carbonyl (C=O) groups excluding carboxylic acids is 1. The predicted octanol–water partition coefficient (Wildman–Crippen LogP) is 4.45. The van der Waals surface area contributed by atoms with Gasteiger partial charge in [0.25, 0.3) is 10.0 Å². The van der Waals surface area contributed by atoms with Gasteiger partial charge in [0.1, 0.15) is 12.1 Å². The molecule has 14 heteroatoms. The number of aromatic nitrogens is 2. The number of sulfonamides is 1. The monoisotopic (exact) mass is 569 g/mol. The highest BCUT2D eigenvalue weighted by atomic mass is 35.5. The van der Waals surface area contributed by atoms with Crippen LogP contribution in [0.5, 0.6) is 0 Å². The molecule has 0 atom stereocenters. The third-order valence-electron chi connectivity index (χ3n) is 5.11. The van der Waals surface area contributed by atoms with Crippen molar-refractivity contribution >= 4 is 63.4 Å². The quantitative estimate of drug-likeness (QED) is 0.246. The average molecular weight is 570 g/mol. The summed E-state index contributed by atoms with van der Waals surface area (Å²) < 4.78 is 45.7. The van der Waals surface area contributed by atoms with Gasteiger partial charge in [0.15, 0.2) is 0 Å². The lowest BCUT2D eigenvalue weighted by molar-refractivity contribution is 0.0600. The van der Waals surface area contributed by atoms with E-state index in [9.17, 15) is 27.6 Å². The molecule has 0 fully saturated rings. The number of benzene rings is 2. The first kappa shape index (κ1) is 26.2. The lowest BCUT2D eigenvalue weighted by Gasteiger charge is -2.25. The number of esters is 1. The summed E-state index contributed by atoms with van der Waals surface area (Å²) in [6, 6.07) is 12.8. The van der Waals surface area contributed by atoms with Crippen molar-refractivity contribution in [1.29, 1.82) is 0 Å². The molecular formula is C22H18Cl2N3O7PS. The van der Waals surface area contributed by atoms with Crippen molar-refractivity contribution < 1.29 is 32.3 Å². The minimum absolute atomic E-state index is 0.0101. The maximum Gasteiger partial charge on any atom is 0.345 e. The third-order valence-corrected chi connectivity index (χ3v) is 8.14. The van der Waals surface area contributed by atoms with Crippen LogP contribution in [-0.4, -0.2) is 47.1 Å². The van der Waals surface area contributed by atoms with Gasteiger partial charge >= 0.3 is 13.6 Å². The number of methoxy groups -OCH3 is 1. The molecule has 0 saturated heterocycles. The Labute approximate surface area is 215 Å². The van der Waals surface area contributed by atoms with Gasteiger partial charge < -0.3 is 19.1 Å². The number of rotatable bonds is 7. The van der Waals surface area contributed by atoms with Crippen LogP contribution < -0.4 is 4.31 Å². The average Bonchev–Trinajstić information content (AvgIpc) is 3.24. The number of ether oxygens (including phenoxy) is 1. The molecule has 0 aliphatic heterocycles. The zero-order valence-electron chi connectivity index (χ0n) is 18.4. The number of fused-ring (bicyclic) bond motifs is 1. The molecule has 2 N–H and O–H groups in total. The molecule has 2 aromatic carbocycles. The second-order valence-electron chi connectivity index (χ2n) is 7.59. The van der Waals surface area contributed by atoms with E-state index in [1.165, 1.54) is 43.6 Å². The van der Waals surface area contributed by atoms with Gasteiger partial charge in [-0.1, -0.05) is 23.2 Å². The molecule has 2 heterocycles. The lowest BCUT2D eigenvalue weighted by Crippen LogP contribution is -2.32. The Balaban J connectivity index is 1.81. The van der Waals surface area contributed by atoms with Crippen LogP contribution in [0, 0.1) is 0 Å². The van der Waals surface area contributed by atoms with Gasteiger partial charge in [-0.25, -0.2) is 18.2 Å². The molecule has 4 rings (SSSR count). The minimum atomic E-state index is -4.83. The van der Waals surface area contributed by atoms with Gasteiger partial charge in [-0.15, -0.1) is 0 Å². The van der Waals surface area contributed by atoms with Crippen LogP contribution in [0.4, 0.5) is 5.69 Å². The summed E-state index contributed by atoms with van der Waals surface area (Å²) >= 11 is 11.9. The van der Waals surface area contributed by atoms with Gasteiger partial charge in [0.2, 0.25) is 0 Å². The molecule has 0 amide bonds. The summed E-state index contributed by atoms with van der Waals surface area (Å²) in [6.07, 6.45) is 2.01. The normalized spacial score (nSPS) is 12.0. The summed E-state index contributed by atoms with van der Waals surface area (Å²) in [5.41, 5.74) is 0.906. The number of hydrogen-bond donors (Lipinski definition) is 2. The van der Waals surface area contributed by atoms with Crippen molar-refractivity contribution in [3.8, 4) is 5.82 Å². The highest BCUT2D eigenvalue weighted by Gasteiger charge is 2.32. The molecular weight excluding hydrogens is 552 g/mol. The molecule has 0 aliphatic carbocycles. The Morgan fingerprint density at radius 3 is 2.42 bits per heavy atom. The molecule has 10 nitrogen and oxygen atoms in total. The first-order chi connectivity index (χ1) is 16.9. The standard InChI is InChI=1S/C22H18Cl2N3O7PS/c1-34-22(28)15-4-6-25-21(9-15)26-7-5-14-8-18(2-3-20(14)26)27(13-35(29,30)31)36(32,33)19-11-16(23)10-17(24)12-19/h2-12H,13H2,1H3,(H2,29,30,31).